The molecule has 2 heterocycles. The van der Waals surface area contributed by atoms with Gasteiger partial charge < -0.3 is 9.47 Å². The highest BCUT2D eigenvalue weighted by Crippen LogP contribution is 2.44. The number of benzene rings is 1. The minimum absolute atomic E-state index is 0.119. The van der Waals surface area contributed by atoms with Gasteiger partial charge in [0.2, 0.25) is 5.78 Å². The lowest BCUT2D eigenvalue weighted by Crippen LogP contribution is -2.46. The molecule has 1 aliphatic rings. The molecular weight excluding hydrogens is 396 g/mol. The molecule has 3 rings (SSSR count). The van der Waals surface area contributed by atoms with Crippen molar-refractivity contribution in [2.24, 2.45) is 0 Å². The third-order valence-electron chi connectivity index (χ3n) is 4.57. The Hall–Kier alpha value is -2.93. The van der Waals surface area contributed by atoms with Gasteiger partial charge in [0.1, 0.15) is 11.7 Å². The summed E-state index contributed by atoms with van der Waals surface area (Å²) < 4.78 is 10.8. The van der Waals surface area contributed by atoms with Gasteiger partial charge in [0, 0.05) is 23.2 Å². The van der Waals surface area contributed by atoms with Crippen LogP contribution in [0.15, 0.2) is 36.5 Å². The zero-order valence-corrected chi connectivity index (χ0v) is 17.1. The molecule has 1 aliphatic heterocycles. The lowest BCUT2D eigenvalue weighted by molar-refractivity contribution is -0.149. The van der Waals surface area contributed by atoms with Gasteiger partial charge in [-0.05, 0) is 43.7 Å². The molecule has 0 saturated heterocycles. The molecular formula is C21H21ClN2O5. The van der Waals surface area contributed by atoms with Crippen LogP contribution in [0.5, 0.6) is 0 Å². The molecule has 0 radical (unpaired) electrons. The molecule has 2 unspecified atom stereocenters. The number of pyridine rings is 1. The van der Waals surface area contributed by atoms with E-state index in [4.69, 9.17) is 21.1 Å². The maximum Gasteiger partial charge on any atom is 0.415 e. The molecule has 29 heavy (non-hydrogen) atoms. The first-order valence-corrected chi connectivity index (χ1v) is 9.67. The SMILES string of the molecule is CCOC(=O)N1c2cc(Cl)ccc2C(OC(=O)CC)C1C(=O)c1cc(C)ccn1. The summed E-state index contributed by atoms with van der Waals surface area (Å²) in [6.07, 6.45) is -0.0721. The Bertz CT molecular complexity index is 962. The van der Waals surface area contributed by atoms with Crippen LogP contribution in [0.4, 0.5) is 10.5 Å². The van der Waals surface area contributed by atoms with Gasteiger partial charge in [0.05, 0.1) is 12.3 Å². The van der Waals surface area contributed by atoms with Crippen LogP contribution >= 0.6 is 11.6 Å². The molecule has 152 valence electrons. The number of Topliss-reactive ketones (excluding diaryl/α,β-unsaturated/α-hetero) is 1. The van der Waals surface area contributed by atoms with Crippen molar-refractivity contribution in [2.45, 2.75) is 39.3 Å². The Kier molecular flexibility index (Phi) is 6.17. The predicted molar refractivity (Wildman–Crippen MR) is 107 cm³/mol. The average Bonchev–Trinajstić information content (AvgIpc) is 3.00. The highest BCUT2D eigenvalue weighted by molar-refractivity contribution is 6.31. The van der Waals surface area contributed by atoms with Gasteiger partial charge in [0.15, 0.2) is 6.10 Å². The monoisotopic (exact) mass is 416 g/mol. The number of ether oxygens (including phenoxy) is 2. The molecule has 1 aromatic heterocycles. The number of hydrogen-bond acceptors (Lipinski definition) is 6. The molecule has 0 N–H and O–H groups in total. The number of aryl methyl sites for hydroxylation is 1. The fraction of sp³-hybridized carbons (Fsp3) is 0.333. The number of carbonyl (C=O) groups is 3. The summed E-state index contributed by atoms with van der Waals surface area (Å²) in [6.45, 7) is 5.27. The summed E-state index contributed by atoms with van der Waals surface area (Å²) in [4.78, 5) is 43.6. The van der Waals surface area contributed by atoms with Crippen LogP contribution in [0.1, 0.15) is 48.0 Å². The van der Waals surface area contributed by atoms with Crippen LogP contribution in [0.25, 0.3) is 0 Å². The number of nitrogens with zero attached hydrogens (tertiary/aromatic N) is 2. The number of halogens is 1. The Morgan fingerprint density at radius 2 is 1.93 bits per heavy atom. The van der Waals surface area contributed by atoms with Crippen molar-refractivity contribution in [2.75, 3.05) is 11.5 Å². The number of anilines is 1. The van der Waals surface area contributed by atoms with Gasteiger partial charge in [-0.15, -0.1) is 0 Å². The Labute approximate surface area is 173 Å². The van der Waals surface area contributed by atoms with E-state index in [2.05, 4.69) is 4.98 Å². The lowest BCUT2D eigenvalue weighted by Gasteiger charge is -2.26. The van der Waals surface area contributed by atoms with E-state index in [0.29, 0.717) is 16.3 Å². The van der Waals surface area contributed by atoms with Crippen LogP contribution in [0.3, 0.4) is 0 Å². The van der Waals surface area contributed by atoms with Crippen molar-refractivity contribution in [1.82, 2.24) is 4.98 Å². The van der Waals surface area contributed by atoms with Gasteiger partial charge in [-0.25, -0.2) is 4.79 Å². The van der Waals surface area contributed by atoms with Gasteiger partial charge in [-0.1, -0.05) is 24.6 Å². The number of carbonyl (C=O) groups excluding carboxylic acids is 3. The van der Waals surface area contributed by atoms with Crippen LogP contribution in [0, 0.1) is 6.92 Å². The first-order chi connectivity index (χ1) is 13.9. The number of ketones is 1. The molecule has 2 aromatic rings. The topological polar surface area (TPSA) is 85.8 Å². The Morgan fingerprint density at radius 1 is 1.17 bits per heavy atom. The van der Waals surface area contributed by atoms with E-state index in [-0.39, 0.29) is 18.7 Å². The van der Waals surface area contributed by atoms with Crippen molar-refractivity contribution in [1.29, 1.82) is 0 Å². The second-order valence-corrected chi connectivity index (χ2v) is 7.00. The summed E-state index contributed by atoms with van der Waals surface area (Å²) in [7, 11) is 0. The number of fused-ring (bicyclic) bond motifs is 1. The first kappa shape index (κ1) is 20.8. The first-order valence-electron chi connectivity index (χ1n) is 9.29. The molecule has 0 aliphatic carbocycles. The Balaban J connectivity index is 2.14. The maximum atomic E-state index is 13.4. The van der Waals surface area contributed by atoms with E-state index in [0.717, 1.165) is 5.56 Å². The molecule has 0 fully saturated rings. The molecule has 2 atom stereocenters. The van der Waals surface area contributed by atoms with Crippen molar-refractivity contribution >= 4 is 35.1 Å². The van der Waals surface area contributed by atoms with Crippen molar-refractivity contribution in [3.05, 3.63) is 58.4 Å². The number of amides is 1. The maximum absolute atomic E-state index is 13.4. The van der Waals surface area contributed by atoms with Crippen LogP contribution in [-0.4, -0.2) is 35.5 Å². The predicted octanol–water partition coefficient (Wildman–Crippen LogP) is 4.27. The fourth-order valence-electron chi connectivity index (χ4n) is 3.26. The van der Waals surface area contributed by atoms with Gasteiger partial charge in [-0.3, -0.25) is 19.5 Å². The number of rotatable bonds is 5. The zero-order chi connectivity index (χ0) is 21.1. The van der Waals surface area contributed by atoms with E-state index in [1.165, 1.54) is 11.1 Å². The minimum Gasteiger partial charge on any atom is -0.455 e. The Morgan fingerprint density at radius 3 is 2.59 bits per heavy atom. The van der Waals surface area contributed by atoms with Crippen LogP contribution in [-0.2, 0) is 14.3 Å². The quantitative estimate of drug-likeness (QED) is 0.534. The summed E-state index contributed by atoms with van der Waals surface area (Å²) in [5, 5.41) is 0.375. The van der Waals surface area contributed by atoms with Crippen LogP contribution < -0.4 is 4.90 Å². The van der Waals surface area contributed by atoms with E-state index in [1.807, 2.05) is 6.92 Å². The molecule has 0 saturated carbocycles. The molecule has 1 aromatic carbocycles. The summed E-state index contributed by atoms with van der Waals surface area (Å²) in [5.41, 5.74) is 1.89. The molecule has 7 nitrogen and oxygen atoms in total. The normalized spacial score (nSPS) is 17.6. The molecule has 0 bridgehead atoms. The van der Waals surface area contributed by atoms with Gasteiger partial charge >= 0.3 is 12.1 Å². The molecule has 1 amide bonds. The number of aromatic nitrogens is 1. The summed E-state index contributed by atoms with van der Waals surface area (Å²) in [5.74, 6) is -0.945. The summed E-state index contributed by atoms with van der Waals surface area (Å²) >= 11 is 6.13. The van der Waals surface area contributed by atoms with E-state index in [9.17, 15) is 14.4 Å². The van der Waals surface area contributed by atoms with Gasteiger partial charge in [-0.2, -0.15) is 0 Å². The third-order valence-corrected chi connectivity index (χ3v) is 4.81. The van der Waals surface area contributed by atoms with Crippen LogP contribution in [0.2, 0.25) is 5.02 Å². The van der Waals surface area contributed by atoms with E-state index in [1.54, 1.807) is 44.2 Å². The second kappa shape index (κ2) is 8.61. The highest BCUT2D eigenvalue weighted by atomic mass is 35.5. The highest BCUT2D eigenvalue weighted by Gasteiger charge is 2.49. The molecule has 0 spiro atoms. The fourth-order valence-corrected chi connectivity index (χ4v) is 3.42. The summed E-state index contributed by atoms with van der Waals surface area (Å²) in [6, 6.07) is 7.06. The van der Waals surface area contributed by atoms with E-state index >= 15 is 0 Å². The van der Waals surface area contributed by atoms with Gasteiger partial charge in [0.25, 0.3) is 0 Å². The van der Waals surface area contributed by atoms with Crippen molar-refractivity contribution in [3.63, 3.8) is 0 Å². The largest absolute Gasteiger partial charge is 0.455 e. The zero-order valence-electron chi connectivity index (χ0n) is 16.3. The second-order valence-electron chi connectivity index (χ2n) is 6.56. The average molecular weight is 417 g/mol. The third kappa shape index (κ3) is 4.10. The molecule has 8 heteroatoms. The smallest absolute Gasteiger partial charge is 0.415 e. The number of esters is 1. The number of hydrogen-bond donors (Lipinski definition) is 0. The lowest BCUT2D eigenvalue weighted by atomic mass is 10.00. The standard InChI is InChI=1S/C21H21ClN2O5/c1-4-17(25)29-20-14-7-6-13(22)11-16(14)24(21(27)28-5-2)18(20)19(26)15-10-12(3)8-9-23-15/h6-11,18,20H,4-5H2,1-3H3. The van der Waals surface area contributed by atoms with E-state index < -0.39 is 30.0 Å². The van der Waals surface area contributed by atoms with Crippen molar-refractivity contribution < 1.29 is 23.9 Å². The minimum atomic E-state index is -1.15. The van der Waals surface area contributed by atoms with Crippen molar-refractivity contribution in [3.8, 4) is 0 Å².